The fourth-order valence-electron chi connectivity index (χ4n) is 3.06. The summed E-state index contributed by atoms with van der Waals surface area (Å²) >= 11 is 0. The second kappa shape index (κ2) is 6.57. The summed E-state index contributed by atoms with van der Waals surface area (Å²) in [5.41, 5.74) is 1.11. The molecule has 0 radical (unpaired) electrons. The van der Waals surface area contributed by atoms with Crippen LogP contribution in [0.1, 0.15) is 55.6 Å². The maximum Gasteiger partial charge on any atom is 0.303 e. The lowest BCUT2D eigenvalue weighted by Gasteiger charge is -2.19. The van der Waals surface area contributed by atoms with Crippen molar-refractivity contribution in [3.05, 3.63) is 28.8 Å². The summed E-state index contributed by atoms with van der Waals surface area (Å²) in [6.07, 6.45) is -1.40. The van der Waals surface area contributed by atoms with Crippen LogP contribution in [0.2, 0.25) is 0 Å². The predicted octanol–water partition coefficient (Wildman–Crippen LogP) is 2.42. The maximum absolute atomic E-state index is 14.4. The number of sulfone groups is 1. The van der Waals surface area contributed by atoms with Gasteiger partial charge in [0.05, 0.1) is 11.0 Å². The Morgan fingerprint density at radius 3 is 2.65 bits per heavy atom. The molecule has 0 bridgehead atoms. The number of hydrogen-bond acceptors (Lipinski definition) is 5. The molecule has 0 unspecified atom stereocenters. The molecule has 0 aromatic heterocycles. The van der Waals surface area contributed by atoms with Gasteiger partial charge in [0, 0.05) is 25.2 Å². The van der Waals surface area contributed by atoms with Crippen molar-refractivity contribution in [2.45, 2.75) is 56.4 Å². The Kier molecular flexibility index (Phi) is 5.10. The first kappa shape index (κ1) is 17.9. The van der Waals surface area contributed by atoms with Gasteiger partial charge in [-0.2, -0.15) is 0 Å². The number of alkyl halides is 1. The number of ether oxygens (including phenoxy) is 1. The van der Waals surface area contributed by atoms with E-state index in [1.165, 1.54) is 12.1 Å². The summed E-state index contributed by atoms with van der Waals surface area (Å²) < 4.78 is 43.4. The van der Waals surface area contributed by atoms with Gasteiger partial charge in [-0.25, -0.2) is 12.8 Å². The zero-order valence-corrected chi connectivity index (χ0v) is 14.2. The lowest BCUT2D eigenvalue weighted by molar-refractivity contribution is -0.149. The number of carbonyl (C=O) groups is 1. The zero-order chi connectivity index (χ0) is 17.4. The molecule has 1 aromatic rings. The van der Waals surface area contributed by atoms with Gasteiger partial charge in [0.2, 0.25) is 0 Å². The molecule has 0 spiro atoms. The number of halogens is 1. The van der Waals surface area contributed by atoms with Crippen LogP contribution >= 0.6 is 0 Å². The molecule has 0 saturated heterocycles. The Hall–Kier alpha value is -1.47. The highest BCUT2D eigenvalue weighted by Gasteiger charge is 2.41. The number of carbonyl (C=O) groups excluding carboxylic acids is 1. The summed E-state index contributed by atoms with van der Waals surface area (Å²) in [4.78, 5) is 11.2. The third-order valence-corrected chi connectivity index (χ3v) is 5.13. The molecular formula is C16H21FO5S. The van der Waals surface area contributed by atoms with Crippen LogP contribution in [0.3, 0.4) is 0 Å². The molecule has 128 valence electrons. The van der Waals surface area contributed by atoms with Crippen molar-refractivity contribution < 1.29 is 27.4 Å². The van der Waals surface area contributed by atoms with Gasteiger partial charge >= 0.3 is 5.97 Å². The van der Waals surface area contributed by atoms with Crippen LogP contribution in [0, 0.1) is 0 Å². The van der Waals surface area contributed by atoms with Gasteiger partial charge < -0.3 is 9.84 Å². The van der Waals surface area contributed by atoms with Crippen LogP contribution in [-0.2, 0) is 25.8 Å². The zero-order valence-electron chi connectivity index (χ0n) is 13.4. The molecule has 0 heterocycles. The summed E-state index contributed by atoms with van der Waals surface area (Å²) in [6.45, 7) is 3.06. The normalized spacial score (nSPS) is 21.8. The smallest absolute Gasteiger partial charge is 0.303 e. The molecule has 5 nitrogen and oxygen atoms in total. The van der Waals surface area contributed by atoms with Crippen molar-refractivity contribution >= 4 is 15.8 Å². The minimum atomic E-state index is -3.61. The van der Waals surface area contributed by atoms with E-state index < -0.39 is 34.2 Å². The van der Waals surface area contributed by atoms with Crippen LogP contribution in [0.25, 0.3) is 0 Å². The van der Waals surface area contributed by atoms with E-state index in [2.05, 4.69) is 0 Å². The van der Waals surface area contributed by atoms with E-state index in [4.69, 9.17) is 4.74 Å². The fourth-order valence-corrected chi connectivity index (χ4v) is 4.01. The van der Waals surface area contributed by atoms with Crippen molar-refractivity contribution in [2.75, 3.05) is 6.26 Å². The van der Waals surface area contributed by atoms with Gasteiger partial charge in [0.1, 0.15) is 6.17 Å². The van der Waals surface area contributed by atoms with Gasteiger partial charge in [0.25, 0.3) is 0 Å². The Labute approximate surface area is 135 Å². The second-order valence-corrected chi connectivity index (χ2v) is 7.86. The lowest BCUT2D eigenvalue weighted by atomic mass is 9.96. The molecule has 0 saturated carbocycles. The third kappa shape index (κ3) is 3.55. The van der Waals surface area contributed by atoms with Gasteiger partial charge in [-0.1, -0.05) is 19.4 Å². The molecule has 23 heavy (non-hydrogen) atoms. The molecule has 1 aliphatic carbocycles. The number of aliphatic hydroxyl groups is 1. The molecule has 1 aliphatic rings. The number of fused-ring (bicyclic) bond motifs is 1. The predicted molar refractivity (Wildman–Crippen MR) is 82.5 cm³/mol. The summed E-state index contributed by atoms with van der Waals surface area (Å²) in [6, 6.07) is 2.88. The Morgan fingerprint density at radius 1 is 1.48 bits per heavy atom. The molecule has 0 amide bonds. The van der Waals surface area contributed by atoms with E-state index in [0.717, 1.165) is 19.6 Å². The van der Waals surface area contributed by atoms with E-state index in [9.17, 15) is 22.7 Å². The van der Waals surface area contributed by atoms with Crippen molar-refractivity contribution in [1.82, 2.24) is 0 Å². The molecule has 1 N–H and O–H groups in total. The second-order valence-electron chi connectivity index (χ2n) is 5.87. The van der Waals surface area contributed by atoms with E-state index in [0.29, 0.717) is 17.5 Å². The van der Waals surface area contributed by atoms with Crippen LogP contribution in [0.15, 0.2) is 17.0 Å². The number of rotatable bonds is 5. The first-order valence-electron chi connectivity index (χ1n) is 7.51. The molecule has 3 atom stereocenters. The Balaban J connectivity index is 2.65. The quantitative estimate of drug-likeness (QED) is 0.830. The van der Waals surface area contributed by atoms with Crippen LogP contribution in [0.5, 0.6) is 0 Å². The molecule has 7 heteroatoms. The SMILES string of the molecule is CCC[C@H](O)c1ccc(S(C)(=O)=O)c2c1C[C@@H](F)[C@H]2OC(C)=O. The highest BCUT2D eigenvalue weighted by Crippen LogP contribution is 2.43. The number of esters is 1. The number of aliphatic hydroxyl groups excluding tert-OH is 1. The number of benzene rings is 1. The van der Waals surface area contributed by atoms with Crippen molar-refractivity contribution in [3.8, 4) is 0 Å². The van der Waals surface area contributed by atoms with E-state index in [1.54, 1.807) is 0 Å². The molecule has 0 fully saturated rings. The monoisotopic (exact) mass is 344 g/mol. The Bertz CT molecular complexity index is 713. The van der Waals surface area contributed by atoms with E-state index in [1.807, 2.05) is 6.92 Å². The summed E-state index contributed by atoms with van der Waals surface area (Å²) in [7, 11) is -3.61. The minimum Gasteiger partial charge on any atom is -0.454 e. The maximum atomic E-state index is 14.4. The van der Waals surface area contributed by atoms with Crippen molar-refractivity contribution in [1.29, 1.82) is 0 Å². The highest BCUT2D eigenvalue weighted by atomic mass is 32.2. The van der Waals surface area contributed by atoms with Crippen molar-refractivity contribution in [2.24, 2.45) is 0 Å². The van der Waals surface area contributed by atoms with Crippen LogP contribution in [0.4, 0.5) is 4.39 Å². The molecule has 0 aliphatic heterocycles. The van der Waals surface area contributed by atoms with Crippen molar-refractivity contribution in [3.63, 3.8) is 0 Å². The van der Waals surface area contributed by atoms with Gasteiger partial charge in [0.15, 0.2) is 15.9 Å². The Morgan fingerprint density at radius 2 is 2.13 bits per heavy atom. The molecule has 1 aromatic carbocycles. The summed E-state index contributed by atoms with van der Waals surface area (Å²) in [5.74, 6) is -0.676. The first-order chi connectivity index (χ1) is 10.7. The standard InChI is InChI=1S/C16H21FO5S/c1-4-5-13(19)10-6-7-14(23(3,20)21)15-11(10)8-12(17)16(15)22-9(2)18/h6-7,12-13,16,19H,4-5,8H2,1-3H3/t12-,13+,16-/m1/s1. The van der Waals surface area contributed by atoms with Gasteiger partial charge in [-0.15, -0.1) is 0 Å². The average Bonchev–Trinajstić information content (AvgIpc) is 2.73. The average molecular weight is 344 g/mol. The molecular weight excluding hydrogens is 323 g/mol. The summed E-state index contributed by atoms with van der Waals surface area (Å²) in [5, 5.41) is 10.3. The first-order valence-corrected chi connectivity index (χ1v) is 9.41. The van der Waals surface area contributed by atoms with Crippen LogP contribution < -0.4 is 0 Å². The number of hydrogen-bond donors (Lipinski definition) is 1. The lowest BCUT2D eigenvalue weighted by Crippen LogP contribution is -2.17. The largest absolute Gasteiger partial charge is 0.454 e. The fraction of sp³-hybridized carbons (Fsp3) is 0.562. The van der Waals surface area contributed by atoms with E-state index >= 15 is 0 Å². The third-order valence-electron chi connectivity index (χ3n) is 3.98. The molecule has 2 rings (SSSR count). The minimum absolute atomic E-state index is 0.0497. The van der Waals surface area contributed by atoms with E-state index in [-0.39, 0.29) is 16.9 Å². The van der Waals surface area contributed by atoms with Gasteiger partial charge in [-0.05, 0) is 23.6 Å². The van der Waals surface area contributed by atoms with Gasteiger partial charge in [-0.3, -0.25) is 4.79 Å². The van der Waals surface area contributed by atoms with Crippen LogP contribution in [-0.4, -0.2) is 31.9 Å². The highest BCUT2D eigenvalue weighted by molar-refractivity contribution is 7.90. The topological polar surface area (TPSA) is 80.7 Å².